The Labute approximate surface area is 269 Å². The van der Waals surface area contributed by atoms with Crippen LogP contribution < -0.4 is 0 Å². The molecule has 0 bridgehead atoms. The molecular weight excluding hydrogens is 583 g/mol. The van der Waals surface area contributed by atoms with Crippen molar-refractivity contribution in [3.63, 3.8) is 0 Å². The molecule has 9 rings (SSSR count). The molecule has 0 atom stereocenters. The van der Waals surface area contributed by atoms with Crippen LogP contribution in [0, 0.1) is 0 Å². The Morgan fingerprint density at radius 2 is 0.935 bits per heavy atom. The van der Waals surface area contributed by atoms with E-state index in [1.807, 2.05) is 30.3 Å². The summed E-state index contributed by atoms with van der Waals surface area (Å²) in [6, 6.07) is 52.3. The van der Waals surface area contributed by atoms with Crippen molar-refractivity contribution in [2.24, 2.45) is 0 Å². The minimum Gasteiger partial charge on any atom is -0.456 e. The summed E-state index contributed by atoms with van der Waals surface area (Å²) in [4.78, 5) is 16.2. The van der Waals surface area contributed by atoms with E-state index in [0.29, 0.717) is 17.5 Å². The zero-order valence-electron chi connectivity index (χ0n) is 24.6. The van der Waals surface area contributed by atoms with Gasteiger partial charge >= 0.3 is 0 Å². The normalized spacial score (nSPS) is 11.5. The van der Waals surface area contributed by atoms with Gasteiger partial charge in [0.05, 0.1) is 0 Å². The van der Waals surface area contributed by atoms with Crippen LogP contribution in [0.1, 0.15) is 0 Å². The second-order valence-electron chi connectivity index (χ2n) is 11.3. The van der Waals surface area contributed by atoms with E-state index in [0.717, 1.165) is 44.2 Å². The van der Waals surface area contributed by atoms with Crippen molar-refractivity contribution in [3.05, 3.63) is 152 Å². The number of furan rings is 1. The zero-order chi connectivity index (χ0) is 30.5. The third-order valence-electron chi connectivity index (χ3n) is 8.38. The molecule has 0 saturated carbocycles. The van der Waals surface area contributed by atoms with E-state index >= 15 is 0 Å². The van der Waals surface area contributed by atoms with Crippen LogP contribution in [0.15, 0.2) is 156 Å². The Kier molecular flexibility index (Phi) is 6.28. The predicted molar refractivity (Wildman–Crippen MR) is 190 cm³/mol. The average molecular weight is 608 g/mol. The standard InChI is InChI=1S/C41H25N3OS/c1-2-8-26(9-3-1)27-14-18-29(19-15-27)39-42-40(30-20-16-28(17-21-30)38-25-31-10-4-7-13-37(31)46-38)44-41(43-39)32-22-23-34-33-11-5-6-12-35(33)45-36(34)24-32/h1-25H. The predicted octanol–water partition coefficient (Wildman–Crippen LogP) is 11.3. The molecule has 0 aliphatic rings. The van der Waals surface area contributed by atoms with Gasteiger partial charge in [-0.1, -0.05) is 121 Å². The molecule has 0 aliphatic heterocycles. The highest BCUT2D eigenvalue weighted by Crippen LogP contribution is 2.36. The quantitative estimate of drug-likeness (QED) is 0.195. The smallest absolute Gasteiger partial charge is 0.164 e. The molecule has 9 aromatic rings. The Morgan fingerprint density at radius 3 is 1.67 bits per heavy atom. The molecule has 46 heavy (non-hydrogen) atoms. The number of aromatic nitrogens is 3. The minimum absolute atomic E-state index is 0.600. The first kappa shape index (κ1) is 26.5. The van der Waals surface area contributed by atoms with Crippen LogP contribution in [0.4, 0.5) is 0 Å². The summed E-state index contributed by atoms with van der Waals surface area (Å²) < 4.78 is 7.49. The van der Waals surface area contributed by atoms with Gasteiger partial charge in [0.15, 0.2) is 17.5 Å². The first-order valence-electron chi connectivity index (χ1n) is 15.2. The minimum atomic E-state index is 0.600. The number of benzene rings is 6. The van der Waals surface area contributed by atoms with Crippen molar-refractivity contribution >= 4 is 43.4 Å². The maximum atomic E-state index is 6.21. The second-order valence-corrected chi connectivity index (χ2v) is 12.4. The molecular formula is C41H25N3OS. The van der Waals surface area contributed by atoms with Crippen molar-refractivity contribution < 1.29 is 4.42 Å². The summed E-state index contributed by atoms with van der Waals surface area (Å²) in [6.07, 6.45) is 0. The number of hydrogen-bond acceptors (Lipinski definition) is 5. The fourth-order valence-electron chi connectivity index (χ4n) is 5.98. The lowest BCUT2D eigenvalue weighted by molar-refractivity contribution is 0.669. The van der Waals surface area contributed by atoms with Gasteiger partial charge in [-0.25, -0.2) is 15.0 Å². The van der Waals surface area contributed by atoms with E-state index < -0.39 is 0 Å². The zero-order valence-corrected chi connectivity index (χ0v) is 25.4. The maximum Gasteiger partial charge on any atom is 0.164 e. The molecule has 0 aliphatic carbocycles. The molecule has 0 radical (unpaired) electrons. The molecule has 0 fully saturated rings. The van der Waals surface area contributed by atoms with E-state index in [-0.39, 0.29) is 0 Å². The largest absolute Gasteiger partial charge is 0.456 e. The van der Waals surface area contributed by atoms with Gasteiger partial charge in [0.25, 0.3) is 0 Å². The Balaban J connectivity index is 1.15. The Morgan fingerprint density at radius 1 is 0.391 bits per heavy atom. The van der Waals surface area contributed by atoms with Crippen LogP contribution in [-0.2, 0) is 0 Å². The van der Waals surface area contributed by atoms with Crippen LogP contribution >= 0.6 is 11.3 Å². The summed E-state index contributed by atoms with van der Waals surface area (Å²) in [7, 11) is 0. The molecule has 3 aromatic heterocycles. The van der Waals surface area contributed by atoms with Crippen LogP contribution in [0.2, 0.25) is 0 Å². The number of nitrogens with zero attached hydrogens (tertiary/aromatic N) is 3. The van der Waals surface area contributed by atoms with Crippen LogP contribution in [-0.4, -0.2) is 15.0 Å². The van der Waals surface area contributed by atoms with Crippen molar-refractivity contribution in [1.29, 1.82) is 0 Å². The molecule has 0 amide bonds. The summed E-state index contributed by atoms with van der Waals surface area (Å²) >= 11 is 1.80. The molecule has 0 N–H and O–H groups in total. The fraction of sp³-hybridized carbons (Fsp3) is 0. The highest BCUT2D eigenvalue weighted by Gasteiger charge is 2.15. The summed E-state index contributed by atoms with van der Waals surface area (Å²) in [6.45, 7) is 0. The van der Waals surface area contributed by atoms with Gasteiger partial charge in [0.2, 0.25) is 0 Å². The SMILES string of the molecule is c1ccc(-c2ccc(-c3nc(-c4ccc(-c5cc6ccccc6s5)cc4)nc(-c4ccc5c(c4)oc4ccccc45)n3)cc2)cc1. The van der Waals surface area contributed by atoms with Gasteiger partial charge in [-0.2, -0.15) is 0 Å². The third kappa shape index (κ3) is 4.74. The highest BCUT2D eigenvalue weighted by atomic mass is 32.1. The number of thiophene rings is 1. The first-order chi connectivity index (χ1) is 22.7. The van der Waals surface area contributed by atoms with Gasteiger partial charge in [0.1, 0.15) is 11.2 Å². The third-order valence-corrected chi connectivity index (χ3v) is 9.54. The van der Waals surface area contributed by atoms with Gasteiger partial charge in [-0.05, 0) is 52.4 Å². The Hall–Kier alpha value is -5.91. The lowest BCUT2D eigenvalue weighted by Gasteiger charge is -2.09. The van der Waals surface area contributed by atoms with Gasteiger partial charge in [-0.3, -0.25) is 0 Å². The lowest BCUT2D eigenvalue weighted by atomic mass is 10.0. The monoisotopic (exact) mass is 607 g/mol. The summed E-state index contributed by atoms with van der Waals surface area (Å²) in [5, 5.41) is 3.43. The summed E-state index contributed by atoms with van der Waals surface area (Å²) in [5.74, 6) is 1.85. The van der Waals surface area contributed by atoms with E-state index in [1.54, 1.807) is 11.3 Å². The maximum absolute atomic E-state index is 6.21. The van der Waals surface area contributed by atoms with Crippen molar-refractivity contribution in [2.75, 3.05) is 0 Å². The molecule has 0 unspecified atom stereocenters. The molecule has 6 aromatic carbocycles. The topological polar surface area (TPSA) is 51.8 Å². The van der Waals surface area contributed by atoms with E-state index in [9.17, 15) is 0 Å². The first-order valence-corrected chi connectivity index (χ1v) is 16.0. The number of fused-ring (bicyclic) bond motifs is 4. The molecule has 3 heterocycles. The van der Waals surface area contributed by atoms with Crippen LogP contribution in [0.25, 0.3) is 87.8 Å². The van der Waals surface area contributed by atoms with Crippen molar-refractivity contribution in [1.82, 2.24) is 15.0 Å². The van der Waals surface area contributed by atoms with Crippen LogP contribution in [0.3, 0.4) is 0 Å². The average Bonchev–Trinajstić information content (AvgIpc) is 3.73. The fourth-order valence-corrected chi connectivity index (χ4v) is 7.05. The van der Waals surface area contributed by atoms with E-state index in [2.05, 4.69) is 121 Å². The number of para-hydroxylation sites is 1. The van der Waals surface area contributed by atoms with Gasteiger partial charge in [0, 0.05) is 37.0 Å². The molecule has 5 heteroatoms. The Bertz CT molecular complexity index is 2480. The highest BCUT2D eigenvalue weighted by molar-refractivity contribution is 7.22. The van der Waals surface area contributed by atoms with Crippen molar-refractivity contribution in [3.8, 4) is 55.7 Å². The lowest BCUT2D eigenvalue weighted by Crippen LogP contribution is -2.00. The van der Waals surface area contributed by atoms with E-state index in [4.69, 9.17) is 19.4 Å². The number of hydrogen-bond donors (Lipinski definition) is 0. The van der Waals surface area contributed by atoms with Crippen molar-refractivity contribution in [2.45, 2.75) is 0 Å². The molecule has 4 nitrogen and oxygen atoms in total. The molecule has 0 spiro atoms. The molecule has 216 valence electrons. The van der Waals surface area contributed by atoms with Gasteiger partial charge < -0.3 is 4.42 Å². The summed E-state index contributed by atoms with van der Waals surface area (Å²) in [5.41, 5.74) is 7.89. The molecule has 0 saturated heterocycles. The number of rotatable bonds is 5. The second kappa shape index (κ2) is 10.9. The van der Waals surface area contributed by atoms with E-state index in [1.165, 1.54) is 26.1 Å². The van der Waals surface area contributed by atoms with Crippen LogP contribution in [0.5, 0.6) is 0 Å². The van der Waals surface area contributed by atoms with Gasteiger partial charge in [-0.15, -0.1) is 11.3 Å².